The second kappa shape index (κ2) is 6.45. The van der Waals surface area contributed by atoms with Crippen LogP contribution in [0.2, 0.25) is 0 Å². The summed E-state index contributed by atoms with van der Waals surface area (Å²) in [6.07, 6.45) is 5.16. The van der Waals surface area contributed by atoms with Crippen LogP contribution in [0.1, 0.15) is 15.9 Å². The number of benzene rings is 2. The zero-order valence-corrected chi connectivity index (χ0v) is 11.5. The lowest BCUT2D eigenvalue weighted by atomic mass is 10.2. The van der Waals surface area contributed by atoms with Gasteiger partial charge < -0.3 is 0 Å². The average Bonchev–Trinajstić information content (AvgIpc) is 3.03. The summed E-state index contributed by atoms with van der Waals surface area (Å²) in [5.41, 5.74) is 5.07. The number of amides is 1. The van der Waals surface area contributed by atoms with Crippen molar-refractivity contribution in [2.75, 3.05) is 0 Å². The van der Waals surface area contributed by atoms with Gasteiger partial charge in [0.25, 0.3) is 5.91 Å². The minimum Gasteiger partial charge on any atom is -0.267 e. The van der Waals surface area contributed by atoms with Gasteiger partial charge in [-0.15, -0.1) is 0 Å². The first-order valence-electron chi connectivity index (χ1n) is 6.60. The average molecular weight is 292 g/mol. The molecule has 6 heteroatoms. The zero-order chi connectivity index (χ0) is 15.2. The van der Waals surface area contributed by atoms with Crippen LogP contribution in [0.25, 0.3) is 17.1 Å². The molecule has 108 valence electrons. The van der Waals surface area contributed by atoms with E-state index >= 15 is 0 Å². The largest absolute Gasteiger partial charge is 0.271 e. The van der Waals surface area contributed by atoms with Crippen LogP contribution in [0, 0.1) is 0 Å². The molecule has 0 aliphatic rings. The molecule has 0 spiro atoms. The lowest BCUT2D eigenvalue weighted by Gasteiger charge is -1.98. The zero-order valence-electron chi connectivity index (χ0n) is 11.5. The number of hydrogen-bond donors (Lipinski definition) is 1. The monoisotopic (exact) mass is 292 g/mol. The van der Waals surface area contributed by atoms with Gasteiger partial charge in [-0.25, -0.2) is 10.1 Å². The van der Waals surface area contributed by atoms with Crippen LogP contribution in [0.5, 0.6) is 0 Å². The summed E-state index contributed by atoms with van der Waals surface area (Å²) in [4.78, 5) is 11.9. The molecule has 2 aromatic carbocycles. The van der Waals surface area contributed by atoms with Crippen molar-refractivity contribution in [2.24, 2.45) is 5.10 Å². The molecule has 1 amide bonds. The van der Waals surface area contributed by atoms with Gasteiger partial charge in [-0.1, -0.05) is 36.4 Å². The lowest BCUT2D eigenvalue weighted by molar-refractivity contribution is 0.0955. The molecule has 0 unspecified atom stereocenters. The quantitative estimate of drug-likeness (QED) is 0.592. The number of rotatable bonds is 4. The number of allylic oxidation sites excluding steroid dienone is 1. The molecular weight excluding hydrogens is 280 g/mol. The van der Waals surface area contributed by atoms with Gasteiger partial charge in [-0.2, -0.15) is 5.10 Å². The van der Waals surface area contributed by atoms with Gasteiger partial charge in [0, 0.05) is 11.8 Å². The summed E-state index contributed by atoms with van der Waals surface area (Å²) in [7, 11) is 0. The van der Waals surface area contributed by atoms with E-state index in [0.29, 0.717) is 16.6 Å². The second-order valence-corrected chi connectivity index (χ2v) is 4.46. The third kappa shape index (κ3) is 3.24. The Hall–Kier alpha value is -3.28. The van der Waals surface area contributed by atoms with E-state index in [4.69, 9.17) is 0 Å². The van der Waals surface area contributed by atoms with E-state index in [9.17, 15) is 4.79 Å². The van der Waals surface area contributed by atoms with E-state index in [0.717, 1.165) is 5.56 Å². The summed E-state index contributed by atoms with van der Waals surface area (Å²) >= 11 is 0. The maximum Gasteiger partial charge on any atom is 0.271 e. The summed E-state index contributed by atoms with van der Waals surface area (Å²) in [5.74, 6) is -0.325. The predicted octanol–water partition coefficient (Wildman–Crippen LogP) is 2.65. The predicted molar refractivity (Wildman–Crippen MR) is 83.2 cm³/mol. The second-order valence-electron chi connectivity index (χ2n) is 4.46. The molecule has 0 saturated heterocycles. The molecule has 0 atom stereocenters. The van der Waals surface area contributed by atoms with E-state index in [1.807, 2.05) is 36.4 Å². The molecule has 0 aliphatic heterocycles. The summed E-state index contributed by atoms with van der Waals surface area (Å²) in [6, 6.07) is 14.7. The fourth-order valence-electron chi connectivity index (χ4n) is 1.85. The van der Waals surface area contributed by atoms with E-state index in [-0.39, 0.29) is 5.91 Å². The van der Waals surface area contributed by atoms with E-state index in [2.05, 4.69) is 25.5 Å². The topological polar surface area (TPSA) is 80.4 Å². The van der Waals surface area contributed by atoms with Crippen molar-refractivity contribution in [1.29, 1.82) is 0 Å². The standard InChI is InChI=1S/C16H12N4O2/c21-16(13-8-9-14-15(11-13)20-22-19-14)18-17-10-4-7-12-5-2-1-3-6-12/h1-11H,(H,18,21)/b7-4+,17-10+. The van der Waals surface area contributed by atoms with E-state index in [1.165, 1.54) is 6.21 Å². The number of nitrogens with zero attached hydrogens (tertiary/aromatic N) is 3. The van der Waals surface area contributed by atoms with Crippen LogP contribution in [0.3, 0.4) is 0 Å². The van der Waals surface area contributed by atoms with Crippen molar-refractivity contribution in [3.8, 4) is 0 Å². The molecule has 1 heterocycles. The first-order chi connectivity index (χ1) is 10.8. The smallest absolute Gasteiger partial charge is 0.267 e. The molecule has 1 N–H and O–H groups in total. The van der Waals surface area contributed by atoms with Crippen molar-refractivity contribution in [1.82, 2.24) is 15.7 Å². The Morgan fingerprint density at radius 3 is 2.77 bits per heavy atom. The number of nitrogens with one attached hydrogen (secondary N) is 1. The van der Waals surface area contributed by atoms with Gasteiger partial charge in [0.1, 0.15) is 11.0 Å². The molecule has 0 aliphatic carbocycles. The molecule has 0 saturated carbocycles. The first-order valence-corrected chi connectivity index (χ1v) is 6.60. The Morgan fingerprint density at radius 1 is 1.09 bits per heavy atom. The number of aromatic nitrogens is 2. The van der Waals surface area contributed by atoms with Crippen molar-refractivity contribution < 1.29 is 9.42 Å². The first kappa shape index (κ1) is 13.7. The van der Waals surface area contributed by atoms with Crippen LogP contribution in [0.15, 0.2) is 64.3 Å². The van der Waals surface area contributed by atoms with Crippen molar-refractivity contribution >= 4 is 29.2 Å². The summed E-state index contributed by atoms with van der Waals surface area (Å²) < 4.78 is 4.58. The van der Waals surface area contributed by atoms with Crippen LogP contribution >= 0.6 is 0 Å². The minimum absolute atomic E-state index is 0.325. The van der Waals surface area contributed by atoms with Gasteiger partial charge in [0.05, 0.1) is 0 Å². The van der Waals surface area contributed by atoms with Gasteiger partial charge in [-0.3, -0.25) is 4.79 Å². The van der Waals surface area contributed by atoms with Gasteiger partial charge in [-0.05, 0) is 40.2 Å². The van der Waals surface area contributed by atoms with Crippen LogP contribution < -0.4 is 5.43 Å². The summed E-state index contributed by atoms with van der Waals surface area (Å²) in [5, 5.41) is 11.2. The van der Waals surface area contributed by atoms with Crippen molar-refractivity contribution in [2.45, 2.75) is 0 Å². The number of carbonyl (C=O) groups is 1. The van der Waals surface area contributed by atoms with Gasteiger partial charge >= 0.3 is 0 Å². The van der Waals surface area contributed by atoms with Gasteiger partial charge in [0.15, 0.2) is 0 Å². The highest BCUT2D eigenvalue weighted by Crippen LogP contribution is 2.11. The molecular formula is C16H12N4O2. The minimum atomic E-state index is -0.325. The van der Waals surface area contributed by atoms with Crippen LogP contribution in [-0.2, 0) is 0 Å². The van der Waals surface area contributed by atoms with Crippen molar-refractivity contribution in [3.63, 3.8) is 0 Å². The van der Waals surface area contributed by atoms with E-state index < -0.39 is 0 Å². The molecule has 0 fully saturated rings. The third-order valence-corrected chi connectivity index (χ3v) is 2.93. The normalized spacial score (nSPS) is 11.5. The van der Waals surface area contributed by atoms with Crippen molar-refractivity contribution in [3.05, 3.63) is 65.7 Å². The fourth-order valence-corrected chi connectivity index (χ4v) is 1.85. The fraction of sp³-hybridized carbons (Fsp3) is 0. The number of fused-ring (bicyclic) bond motifs is 1. The highest BCUT2D eigenvalue weighted by atomic mass is 16.6. The Morgan fingerprint density at radius 2 is 1.91 bits per heavy atom. The Kier molecular flexibility index (Phi) is 4.01. The van der Waals surface area contributed by atoms with E-state index in [1.54, 1.807) is 24.3 Å². The number of hydrazone groups is 1. The maximum absolute atomic E-state index is 11.9. The molecule has 3 aromatic rings. The third-order valence-electron chi connectivity index (χ3n) is 2.93. The molecule has 6 nitrogen and oxygen atoms in total. The highest BCUT2D eigenvalue weighted by Gasteiger charge is 2.07. The number of hydrogen-bond acceptors (Lipinski definition) is 5. The molecule has 0 bridgehead atoms. The SMILES string of the molecule is O=C(N/N=C/C=C/c1ccccc1)c1ccc2nonc2c1. The Balaban J connectivity index is 1.59. The Labute approximate surface area is 126 Å². The van der Waals surface area contributed by atoms with Gasteiger partial charge in [0.2, 0.25) is 0 Å². The molecule has 1 aromatic heterocycles. The Bertz CT molecular complexity index is 837. The highest BCUT2D eigenvalue weighted by molar-refractivity contribution is 5.97. The number of carbonyl (C=O) groups excluding carboxylic acids is 1. The molecule has 3 rings (SSSR count). The lowest BCUT2D eigenvalue weighted by Crippen LogP contribution is -2.17. The van der Waals surface area contributed by atoms with Crippen LogP contribution in [-0.4, -0.2) is 22.4 Å². The summed E-state index contributed by atoms with van der Waals surface area (Å²) in [6.45, 7) is 0. The maximum atomic E-state index is 11.9. The van der Waals surface area contributed by atoms with Crippen LogP contribution in [0.4, 0.5) is 0 Å². The molecule has 22 heavy (non-hydrogen) atoms. The molecule has 0 radical (unpaired) electrons.